The number of carbonyl (C=O) groups is 1. The van der Waals surface area contributed by atoms with E-state index in [0.717, 1.165) is 11.1 Å². The molecule has 4 rings (SSSR count). The molecule has 0 saturated heterocycles. The zero-order valence-electron chi connectivity index (χ0n) is 14.4. The molecule has 0 saturated carbocycles. The van der Waals surface area contributed by atoms with Crippen molar-refractivity contribution >= 4 is 17.5 Å². The minimum absolute atomic E-state index is 0.145. The average Bonchev–Trinajstić information content (AvgIpc) is 2.68. The molecule has 2 aromatic carbocycles. The monoisotopic (exact) mass is 380 g/mol. The number of carbonyl (C=O) groups excluding carboxylic acids is 1. The Bertz CT molecular complexity index is 1010. The van der Waals surface area contributed by atoms with E-state index in [2.05, 4.69) is 4.98 Å². The summed E-state index contributed by atoms with van der Waals surface area (Å²) in [7, 11) is 0. The number of pyridine rings is 1. The average molecular weight is 381 g/mol. The summed E-state index contributed by atoms with van der Waals surface area (Å²) in [6.45, 7) is 0.520. The first-order valence-electron chi connectivity index (χ1n) is 8.54. The molecule has 0 bridgehead atoms. The van der Waals surface area contributed by atoms with Crippen LogP contribution < -0.4 is 4.74 Å². The van der Waals surface area contributed by atoms with E-state index in [1.807, 2.05) is 36.4 Å². The maximum Gasteiger partial charge on any atom is 0.273 e. The van der Waals surface area contributed by atoms with Gasteiger partial charge in [0.25, 0.3) is 5.91 Å². The second-order valence-electron chi connectivity index (χ2n) is 6.29. The molecule has 0 unspecified atom stereocenters. The van der Waals surface area contributed by atoms with Crippen molar-refractivity contribution in [3.63, 3.8) is 0 Å². The summed E-state index contributed by atoms with van der Waals surface area (Å²) >= 11 is 6.39. The van der Waals surface area contributed by atoms with Crippen LogP contribution in [0.1, 0.15) is 27.2 Å². The Hall–Kier alpha value is -2.89. The van der Waals surface area contributed by atoms with Crippen molar-refractivity contribution in [1.29, 1.82) is 0 Å². The third-order valence-electron chi connectivity index (χ3n) is 4.49. The van der Waals surface area contributed by atoms with Gasteiger partial charge in [0.2, 0.25) is 0 Å². The molecule has 136 valence electrons. The molecule has 6 heteroatoms. The molecule has 27 heavy (non-hydrogen) atoms. The van der Waals surface area contributed by atoms with Crippen LogP contribution in [-0.2, 0) is 19.7 Å². The lowest BCUT2D eigenvalue weighted by atomic mass is 10.1. The first-order valence-corrected chi connectivity index (χ1v) is 8.91. The quantitative estimate of drug-likeness (QED) is 0.724. The second-order valence-corrected chi connectivity index (χ2v) is 6.70. The minimum atomic E-state index is -0.229. The van der Waals surface area contributed by atoms with E-state index < -0.39 is 0 Å². The fourth-order valence-corrected chi connectivity index (χ4v) is 3.31. The molecule has 0 spiro atoms. The Morgan fingerprint density at radius 2 is 1.93 bits per heavy atom. The van der Waals surface area contributed by atoms with Crippen LogP contribution in [0, 0.1) is 0 Å². The molecule has 1 amide bonds. The van der Waals surface area contributed by atoms with Crippen LogP contribution in [0.4, 0.5) is 0 Å². The van der Waals surface area contributed by atoms with Gasteiger partial charge in [0.1, 0.15) is 17.2 Å². The van der Waals surface area contributed by atoms with E-state index in [1.165, 1.54) is 6.20 Å². The van der Waals surface area contributed by atoms with Gasteiger partial charge in [-0.15, -0.1) is 0 Å². The van der Waals surface area contributed by atoms with Crippen LogP contribution in [0.3, 0.4) is 0 Å². The number of benzene rings is 2. The van der Waals surface area contributed by atoms with E-state index in [4.69, 9.17) is 16.3 Å². The molecular formula is C21H17ClN2O3. The van der Waals surface area contributed by atoms with Crippen LogP contribution in [-0.4, -0.2) is 20.9 Å². The molecule has 2 heterocycles. The number of fused-ring (bicyclic) bond motifs is 2. The van der Waals surface area contributed by atoms with E-state index in [9.17, 15) is 9.90 Å². The summed E-state index contributed by atoms with van der Waals surface area (Å²) in [5, 5.41) is 9.89. The number of aliphatic hydroxyl groups excluding tert-OH is 1. The fourth-order valence-electron chi connectivity index (χ4n) is 3.09. The third kappa shape index (κ3) is 3.52. The highest BCUT2D eigenvalue weighted by atomic mass is 35.5. The van der Waals surface area contributed by atoms with Gasteiger partial charge < -0.3 is 14.7 Å². The van der Waals surface area contributed by atoms with E-state index in [-0.39, 0.29) is 18.2 Å². The number of halogens is 1. The van der Waals surface area contributed by atoms with Crippen LogP contribution >= 0.6 is 11.6 Å². The van der Waals surface area contributed by atoms with Gasteiger partial charge in [0, 0.05) is 22.3 Å². The molecule has 1 aliphatic rings. The van der Waals surface area contributed by atoms with Crippen molar-refractivity contribution < 1.29 is 14.6 Å². The number of nitrogens with zero attached hydrogens (tertiary/aromatic N) is 2. The number of rotatable bonds is 2. The summed E-state index contributed by atoms with van der Waals surface area (Å²) in [5.41, 5.74) is 2.58. The minimum Gasteiger partial charge on any atom is -0.457 e. The van der Waals surface area contributed by atoms with Gasteiger partial charge in [-0.2, -0.15) is 0 Å². The molecule has 1 aliphatic heterocycles. The van der Waals surface area contributed by atoms with Gasteiger partial charge >= 0.3 is 0 Å². The topological polar surface area (TPSA) is 62.7 Å². The number of aliphatic hydroxyl groups is 1. The predicted molar refractivity (Wildman–Crippen MR) is 102 cm³/mol. The summed E-state index contributed by atoms with van der Waals surface area (Å²) in [6.07, 6.45) is 1.53. The zero-order valence-corrected chi connectivity index (χ0v) is 15.2. The number of aromatic nitrogens is 1. The zero-order chi connectivity index (χ0) is 18.8. The van der Waals surface area contributed by atoms with Crippen LogP contribution in [0.5, 0.6) is 11.5 Å². The number of para-hydroxylation sites is 1. The van der Waals surface area contributed by atoms with Crippen molar-refractivity contribution in [2.24, 2.45) is 0 Å². The molecular weight excluding hydrogens is 364 g/mol. The summed E-state index contributed by atoms with van der Waals surface area (Å²) in [6, 6.07) is 16.3. The molecule has 0 fully saturated rings. The van der Waals surface area contributed by atoms with Crippen molar-refractivity contribution in [3.8, 4) is 11.5 Å². The highest BCUT2D eigenvalue weighted by Gasteiger charge is 2.25. The Morgan fingerprint density at radius 1 is 1.11 bits per heavy atom. The van der Waals surface area contributed by atoms with Crippen molar-refractivity contribution in [2.45, 2.75) is 19.7 Å². The van der Waals surface area contributed by atoms with Crippen LogP contribution in [0.2, 0.25) is 5.02 Å². The van der Waals surface area contributed by atoms with E-state index in [1.54, 1.807) is 23.1 Å². The molecule has 0 radical (unpaired) electrons. The lowest BCUT2D eigenvalue weighted by Gasteiger charge is -2.28. The largest absolute Gasteiger partial charge is 0.457 e. The molecule has 0 aliphatic carbocycles. The second kappa shape index (κ2) is 7.39. The highest BCUT2D eigenvalue weighted by Crippen LogP contribution is 2.36. The number of ether oxygens (including phenoxy) is 1. The van der Waals surface area contributed by atoms with E-state index in [0.29, 0.717) is 35.2 Å². The number of amides is 1. The van der Waals surface area contributed by atoms with Gasteiger partial charge in [0.05, 0.1) is 19.7 Å². The standard InChI is InChI=1S/C21H17ClN2O3/c22-17-5-3-7-20-16(17)12-24(11-15-4-1-2-6-19(15)27-20)21(26)18-10-14(13-25)8-9-23-18/h1-10,25H,11-13H2. The first kappa shape index (κ1) is 17.5. The lowest BCUT2D eigenvalue weighted by molar-refractivity contribution is 0.0719. The first-order chi connectivity index (χ1) is 13.2. The van der Waals surface area contributed by atoms with Gasteiger partial charge in [-0.1, -0.05) is 35.9 Å². The Morgan fingerprint density at radius 3 is 2.78 bits per heavy atom. The Balaban J connectivity index is 1.78. The molecule has 1 N–H and O–H groups in total. The van der Waals surface area contributed by atoms with Gasteiger partial charge in [-0.05, 0) is 35.9 Å². The SMILES string of the molecule is O=C(c1cc(CO)ccn1)N1Cc2ccccc2Oc2cccc(Cl)c2C1. The maximum absolute atomic E-state index is 13.2. The molecule has 5 nitrogen and oxygen atoms in total. The lowest BCUT2D eigenvalue weighted by Crippen LogP contribution is -2.32. The molecule has 0 atom stereocenters. The Labute approximate surface area is 161 Å². The number of hydrogen-bond donors (Lipinski definition) is 1. The van der Waals surface area contributed by atoms with Crippen molar-refractivity contribution in [1.82, 2.24) is 9.88 Å². The van der Waals surface area contributed by atoms with Crippen LogP contribution in [0.15, 0.2) is 60.8 Å². The molecule has 1 aromatic heterocycles. The summed E-state index contributed by atoms with van der Waals surface area (Å²) in [5.74, 6) is 1.09. The third-order valence-corrected chi connectivity index (χ3v) is 4.85. The van der Waals surface area contributed by atoms with Crippen molar-refractivity contribution in [3.05, 3.63) is 88.2 Å². The van der Waals surface area contributed by atoms with Crippen LogP contribution in [0.25, 0.3) is 0 Å². The normalized spacial score (nSPS) is 13.0. The predicted octanol–water partition coefficient (Wildman–Crippen LogP) is 4.18. The van der Waals surface area contributed by atoms with Gasteiger partial charge in [-0.3, -0.25) is 9.78 Å². The molecule has 3 aromatic rings. The number of hydrogen-bond acceptors (Lipinski definition) is 4. The van der Waals surface area contributed by atoms with Gasteiger partial charge in [0.15, 0.2) is 0 Å². The van der Waals surface area contributed by atoms with E-state index >= 15 is 0 Å². The maximum atomic E-state index is 13.2. The highest BCUT2D eigenvalue weighted by molar-refractivity contribution is 6.31. The summed E-state index contributed by atoms with van der Waals surface area (Å²) in [4.78, 5) is 19.0. The van der Waals surface area contributed by atoms with Gasteiger partial charge in [-0.25, -0.2) is 0 Å². The smallest absolute Gasteiger partial charge is 0.273 e. The fraction of sp³-hybridized carbons (Fsp3) is 0.143. The van der Waals surface area contributed by atoms with Crippen molar-refractivity contribution in [2.75, 3.05) is 0 Å². The summed E-state index contributed by atoms with van der Waals surface area (Å²) < 4.78 is 6.06. The Kier molecular flexibility index (Phi) is 4.79.